The molecule has 5 nitrogen and oxygen atoms in total. The van der Waals surface area contributed by atoms with Gasteiger partial charge in [0.2, 0.25) is 10.0 Å². The van der Waals surface area contributed by atoms with Crippen molar-refractivity contribution >= 4 is 21.6 Å². The molecule has 1 aliphatic carbocycles. The van der Waals surface area contributed by atoms with E-state index in [1.807, 2.05) is 6.07 Å². The van der Waals surface area contributed by atoms with E-state index in [1.54, 1.807) is 0 Å². The highest BCUT2D eigenvalue weighted by molar-refractivity contribution is 7.89. The Morgan fingerprint density at radius 2 is 2.20 bits per heavy atom. The second-order valence-corrected chi connectivity index (χ2v) is 7.08. The molecule has 1 fully saturated rings. The van der Waals surface area contributed by atoms with Gasteiger partial charge >= 0.3 is 0 Å². The second-order valence-electron chi connectivity index (χ2n) is 4.94. The molecule has 108 valence electrons. The van der Waals surface area contributed by atoms with Crippen molar-refractivity contribution in [1.29, 1.82) is 5.26 Å². The summed E-state index contributed by atoms with van der Waals surface area (Å²) in [5.41, 5.74) is 0.242. The molecule has 0 saturated heterocycles. The largest absolute Gasteiger partial charge is 0.393 e. The summed E-state index contributed by atoms with van der Waals surface area (Å²) in [6.07, 6.45) is 1.77. The van der Waals surface area contributed by atoms with Gasteiger partial charge in [-0.25, -0.2) is 13.1 Å². The smallest absolute Gasteiger partial charge is 0.242 e. The minimum atomic E-state index is -3.74. The van der Waals surface area contributed by atoms with Gasteiger partial charge in [0.05, 0.1) is 22.8 Å². The number of nitrogens with one attached hydrogen (secondary N) is 1. The van der Waals surface area contributed by atoms with Crippen LogP contribution in [0.5, 0.6) is 0 Å². The minimum absolute atomic E-state index is 0.0861. The zero-order valence-electron chi connectivity index (χ0n) is 10.7. The van der Waals surface area contributed by atoms with Crippen molar-refractivity contribution in [2.24, 2.45) is 5.92 Å². The standard InChI is InChI=1S/C13H15ClN2O3S/c14-12-4-2-9(7-15)6-13(12)20(18,19)16-8-10-1-3-11(17)5-10/h2,4,6,10-11,16-17H,1,3,5,8H2. The molecule has 1 aromatic rings. The van der Waals surface area contributed by atoms with E-state index in [2.05, 4.69) is 4.72 Å². The molecule has 0 radical (unpaired) electrons. The number of hydrogen-bond donors (Lipinski definition) is 2. The van der Waals surface area contributed by atoms with Crippen LogP contribution in [0.1, 0.15) is 24.8 Å². The van der Waals surface area contributed by atoms with E-state index in [1.165, 1.54) is 18.2 Å². The number of aliphatic hydroxyl groups excluding tert-OH is 1. The van der Waals surface area contributed by atoms with Crippen LogP contribution in [0.2, 0.25) is 5.02 Å². The lowest BCUT2D eigenvalue weighted by Gasteiger charge is -2.12. The van der Waals surface area contributed by atoms with Gasteiger partial charge in [0.15, 0.2) is 0 Å². The third kappa shape index (κ3) is 3.49. The number of sulfonamides is 1. The molecule has 2 rings (SSSR count). The molecule has 1 aliphatic rings. The third-order valence-corrected chi connectivity index (χ3v) is 5.33. The Kier molecular flexibility index (Phi) is 4.66. The summed E-state index contributed by atoms with van der Waals surface area (Å²) < 4.78 is 26.9. The van der Waals surface area contributed by atoms with Crippen molar-refractivity contribution in [1.82, 2.24) is 4.72 Å². The highest BCUT2D eigenvalue weighted by Crippen LogP contribution is 2.26. The average Bonchev–Trinajstić information content (AvgIpc) is 2.83. The fourth-order valence-corrected chi connectivity index (χ4v) is 3.96. The SMILES string of the molecule is N#Cc1ccc(Cl)c(S(=O)(=O)NCC2CCC(O)C2)c1. The number of aliphatic hydroxyl groups is 1. The van der Waals surface area contributed by atoms with Gasteiger partial charge in [0.1, 0.15) is 4.90 Å². The second kappa shape index (κ2) is 6.10. The zero-order valence-corrected chi connectivity index (χ0v) is 12.3. The monoisotopic (exact) mass is 314 g/mol. The predicted molar refractivity (Wildman–Crippen MR) is 74.7 cm³/mol. The molecule has 0 bridgehead atoms. The van der Waals surface area contributed by atoms with E-state index in [-0.39, 0.29) is 34.0 Å². The molecule has 1 aromatic carbocycles. The molecule has 7 heteroatoms. The number of rotatable bonds is 4. The highest BCUT2D eigenvalue weighted by Gasteiger charge is 2.25. The minimum Gasteiger partial charge on any atom is -0.393 e. The van der Waals surface area contributed by atoms with Crippen LogP contribution in [0.15, 0.2) is 23.1 Å². The molecule has 0 aliphatic heterocycles. The molecule has 0 amide bonds. The Balaban J connectivity index is 2.12. The van der Waals surface area contributed by atoms with Gasteiger partial charge in [-0.15, -0.1) is 0 Å². The molecule has 2 N–H and O–H groups in total. The van der Waals surface area contributed by atoms with Crippen molar-refractivity contribution in [3.8, 4) is 6.07 Å². The van der Waals surface area contributed by atoms with E-state index in [0.29, 0.717) is 12.8 Å². The summed E-state index contributed by atoms with van der Waals surface area (Å²) in [5, 5.41) is 18.3. The first kappa shape index (κ1) is 15.3. The van der Waals surface area contributed by atoms with Gasteiger partial charge in [-0.1, -0.05) is 11.6 Å². The van der Waals surface area contributed by atoms with E-state index < -0.39 is 10.0 Å². The molecule has 2 unspecified atom stereocenters. The molecule has 0 aromatic heterocycles. The van der Waals surface area contributed by atoms with Gasteiger partial charge in [0, 0.05) is 6.54 Å². The van der Waals surface area contributed by atoms with Crippen LogP contribution >= 0.6 is 11.6 Å². The van der Waals surface area contributed by atoms with Crippen LogP contribution in [0.25, 0.3) is 0 Å². The van der Waals surface area contributed by atoms with E-state index in [4.69, 9.17) is 16.9 Å². The van der Waals surface area contributed by atoms with Crippen molar-refractivity contribution in [3.05, 3.63) is 28.8 Å². The lowest BCUT2D eigenvalue weighted by molar-refractivity contribution is 0.178. The predicted octanol–water partition coefficient (Wildman–Crippen LogP) is 1.65. The Labute approximate surface area is 123 Å². The third-order valence-electron chi connectivity index (χ3n) is 3.43. The van der Waals surface area contributed by atoms with Crippen molar-refractivity contribution in [3.63, 3.8) is 0 Å². The Morgan fingerprint density at radius 1 is 1.45 bits per heavy atom. The van der Waals surface area contributed by atoms with Gasteiger partial charge in [-0.05, 0) is 43.4 Å². The fraction of sp³-hybridized carbons (Fsp3) is 0.462. The first-order valence-electron chi connectivity index (χ1n) is 6.30. The number of benzene rings is 1. The maximum Gasteiger partial charge on any atom is 0.242 e. The van der Waals surface area contributed by atoms with Crippen LogP contribution in [0.4, 0.5) is 0 Å². The topological polar surface area (TPSA) is 90.2 Å². The van der Waals surface area contributed by atoms with Gasteiger partial charge < -0.3 is 5.11 Å². The van der Waals surface area contributed by atoms with Crippen LogP contribution in [-0.2, 0) is 10.0 Å². The molecular formula is C13H15ClN2O3S. The molecule has 0 spiro atoms. The lowest BCUT2D eigenvalue weighted by Crippen LogP contribution is -2.29. The van der Waals surface area contributed by atoms with Crippen molar-refractivity contribution in [2.75, 3.05) is 6.54 Å². The lowest BCUT2D eigenvalue weighted by atomic mass is 10.1. The summed E-state index contributed by atoms with van der Waals surface area (Å²) in [4.78, 5) is -0.0863. The summed E-state index contributed by atoms with van der Waals surface area (Å²) >= 11 is 5.89. The first-order valence-corrected chi connectivity index (χ1v) is 8.16. The maximum absolute atomic E-state index is 12.2. The molecule has 2 atom stereocenters. The van der Waals surface area contributed by atoms with Crippen LogP contribution in [0, 0.1) is 17.2 Å². The maximum atomic E-state index is 12.2. The molecule has 1 saturated carbocycles. The van der Waals surface area contributed by atoms with Gasteiger partial charge in [-0.2, -0.15) is 5.26 Å². The fourth-order valence-electron chi connectivity index (χ4n) is 2.32. The Hall–Kier alpha value is -1.13. The van der Waals surface area contributed by atoms with Crippen LogP contribution in [0.3, 0.4) is 0 Å². The highest BCUT2D eigenvalue weighted by atomic mass is 35.5. The number of nitrogens with zero attached hydrogens (tertiary/aromatic N) is 1. The van der Waals surface area contributed by atoms with Crippen LogP contribution in [-0.4, -0.2) is 26.2 Å². The van der Waals surface area contributed by atoms with Crippen LogP contribution < -0.4 is 4.72 Å². The molecule has 20 heavy (non-hydrogen) atoms. The van der Waals surface area contributed by atoms with Gasteiger partial charge in [0.25, 0.3) is 0 Å². The Morgan fingerprint density at radius 3 is 2.80 bits per heavy atom. The summed E-state index contributed by atoms with van der Waals surface area (Å²) in [5.74, 6) is 0.137. The normalized spacial score (nSPS) is 22.6. The number of nitriles is 1. The molecule has 0 heterocycles. The van der Waals surface area contributed by atoms with E-state index in [9.17, 15) is 13.5 Å². The van der Waals surface area contributed by atoms with E-state index in [0.717, 1.165) is 6.42 Å². The zero-order chi connectivity index (χ0) is 14.8. The number of halogens is 1. The van der Waals surface area contributed by atoms with Crippen molar-refractivity contribution in [2.45, 2.75) is 30.3 Å². The van der Waals surface area contributed by atoms with Gasteiger partial charge in [-0.3, -0.25) is 0 Å². The Bertz CT molecular complexity index is 640. The molecular weight excluding hydrogens is 300 g/mol. The first-order chi connectivity index (χ1) is 9.42. The summed E-state index contributed by atoms with van der Waals surface area (Å²) in [6.45, 7) is 0.270. The summed E-state index contributed by atoms with van der Waals surface area (Å²) in [7, 11) is -3.74. The quantitative estimate of drug-likeness (QED) is 0.884. The van der Waals surface area contributed by atoms with Crippen molar-refractivity contribution < 1.29 is 13.5 Å². The number of hydrogen-bond acceptors (Lipinski definition) is 4. The van der Waals surface area contributed by atoms with E-state index >= 15 is 0 Å². The summed E-state index contributed by atoms with van der Waals surface area (Å²) in [6, 6.07) is 6.01. The average molecular weight is 315 g/mol.